The monoisotopic (exact) mass is 518 g/mol. The van der Waals surface area contributed by atoms with Gasteiger partial charge >= 0.3 is 0 Å². The summed E-state index contributed by atoms with van der Waals surface area (Å²) in [4.78, 5) is 32.2. The molecule has 5 rings (SSSR count). The van der Waals surface area contributed by atoms with Crippen LogP contribution in [0, 0.1) is 5.92 Å². The molecule has 1 unspecified atom stereocenters. The van der Waals surface area contributed by atoms with E-state index in [1.807, 2.05) is 12.1 Å². The van der Waals surface area contributed by atoms with Crippen molar-refractivity contribution >= 4 is 38.3 Å². The van der Waals surface area contributed by atoms with E-state index in [0.29, 0.717) is 23.2 Å². The maximum atomic E-state index is 13.3. The standard InChI is InChI=1S/C24H30N4O5S2/c29-21-16-27(35(31,32)22-15-18-8-4-5-9-20(18)33-22)11-12-28(21)19(14-17-6-2-1-3-7-17)23(30)26-24-25-10-13-34-24/h4-5,8-10,13,17,19,22H,1-3,6-7,11-12,14-16H2,(H,25,26,30)/t19-,22?/m0/s1. The summed E-state index contributed by atoms with van der Waals surface area (Å²) in [5.41, 5.74) is -0.192. The number of aromatic nitrogens is 1. The van der Waals surface area contributed by atoms with Gasteiger partial charge in [0.1, 0.15) is 11.8 Å². The van der Waals surface area contributed by atoms with E-state index < -0.39 is 21.5 Å². The summed E-state index contributed by atoms with van der Waals surface area (Å²) < 4.78 is 33.5. The van der Waals surface area contributed by atoms with E-state index >= 15 is 0 Å². The Kier molecular flexibility index (Phi) is 7.08. The number of hydrogen-bond donors (Lipinski definition) is 1. The molecule has 1 saturated carbocycles. The second kappa shape index (κ2) is 10.2. The first-order valence-electron chi connectivity index (χ1n) is 12.1. The fourth-order valence-electron chi connectivity index (χ4n) is 5.28. The molecule has 2 aromatic rings. The van der Waals surface area contributed by atoms with Crippen molar-refractivity contribution in [3.8, 4) is 5.75 Å². The number of benzene rings is 1. The summed E-state index contributed by atoms with van der Waals surface area (Å²) in [6.07, 6.45) is 8.02. The number of thiazole rings is 1. The predicted octanol–water partition coefficient (Wildman–Crippen LogP) is 2.86. The van der Waals surface area contributed by atoms with Gasteiger partial charge in [-0.3, -0.25) is 9.59 Å². The molecule has 3 aliphatic rings. The van der Waals surface area contributed by atoms with Crippen molar-refractivity contribution in [2.45, 2.75) is 56.4 Å². The van der Waals surface area contributed by atoms with Crippen LogP contribution < -0.4 is 10.1 Å². The first kappa shape index (κ1) is 24.2. The number of ether oxygens (including phenoxy) is 1. The van der Waals surface area contributed by atoms with Crippen LogP contribution in [0.3, 0.4) is 0 Å². The highest BCUT2D eigenvalue weighted by Crippen LogP contribution is 2.33. The van der Waals surface area contributed by atoms with Crippen molar-refractivity contribution in [3.05, 3.63) is 41.4 Å². The van der Waals surface area contributed by atoms with Crippen LogP contribution in [0.1, 0.15) is 44.1 Å². The molecule has 1 aromatic heterocycles. The highest BCUT2D eigenvalue weighted by atomic mass is 32.2. The second-order valence-corrected chi connectivity index (χ2v) is 12.4. The zero-order chi connectivity index (χ0) is 24.4. The number of hydrogen-bond acceptors (Lipinski definition) is 7. The van der Waals surface area contributed by atoms with Crippen molar-refractivity contribution in [1.82, 2.24) is 14.2 Å². The summed E-state index contributed by atoms with van der Waals surface area (Å²) in [6, 6.07) is 6.61. The number of amides is 2. The van der Waals surface area contributed by atoms with Gasteiger partial charge in [0.25, 0.3) is 10.0 Å². The van der Waals surface area contributed by atoms with Crippen molar-refractivity contribution in [3.63, 3.8) is 0 Å². The lowest BCUT2D eigenvalue weighted by Gasteiger charge is -2.39. The van der Waals surface area contributed by atoms with E-state index in [4.69, 9.17) is 4.74 Å². The van der Waals surface area contributed by atoms with Gasteiger partial charge in [-0.05, 0) is 24.0 Å². The molecule has 1 saturated heterocycles. The second-order valence-electron chi connectivity index (χ2n) is 9.41. The molecule has 0 bridgehead atoms. The summed E-state index contributed by atoms with van der Waals surface area (Å²) >= 11 is 1.33. The smallest absolute Gasteiger partial charge is 0.253 e. The summed E-state index contributed by atoms with van der Waals surface area (Å²) in [7, 11) is -3.85. The summed E-state index contributed by atoms with van der Waals surface area (Å²) in [5, 5.41) is 5.13. The lowest BCUT2D eigenvalue weighted by atomic mass is 9.84. The van der Waals surface area contributed by atoms with E-state index in [1.165, 1.54) is 22.1 Å². The quantitative estimate of drug-likeness (QED) is 0.604. The van der Waals surface area contributed by atoms with Gasteiger partial charge in [-0.15, -0.1) is 11.3 Å². The summed E-state index contributed by atoms with van der Waals surface area (Å²) in [5.74, 6) is 0.323. The van der Waals surface area contributed by atoms with Crippen molar-refractivity contribution in [2.75, 3.05) is 25.0 Å². The number of carbonyl (C=O) groups excluding carboxylic acids is 2. The molecule has 9 nitrogen and oxygen atoms in total. The number of para-hydroxylation sites is 1. The van der Waals surface area contributed by atoms with Gasteiger partial charge in [-0.2, -0.15) is 4.31 Å². The molecule has 2 amide bonds. The molecule has 188 valence electrons. The average Bonchev–Trinajstić information content (AvgIpc) is 3.53. The Balaban J connectivity index is 1.28. The lowest BCUT2D eigenvalue weighted by molar-refractivity contribution is -0.142. The number of sulfonamides is 1. The van der Waals surface area contributed by atoms with E-state index in [1.54, 1.807) is 28.6 Å². The molecule has 35 heavy (non-hydrogen) atoms. The molecule has 1 aromatic carbocycles. The fraction of sp³-hybridized carbons (Fsp3) is 0.542. The average molecular weight is 519 g/mol. The van der Waals surface area contributed by atoms with E-state index in [2.05, 4.69) is 10.3 Å². The zero-order valence-electron chi connectivity index (χ0n) is 19.5. The first-order chi connectivity index (χ1) is 16.9. The molecule has 2 fully saturated rings. The maximum Gasteiger partial charge on any atom is 0.253 e. The third kappa shape index (κ3) is 5.22. The number of carbonyl (C=O) groups is 2. The van der Waals surface area contributed by atoms with Crippen LogP contribution >= 0.6 is 11.3 Å². The van der Waals surface area contributed by atoms with Crippen LogP contribution in [-0.4, -0.2) is 65.5 Å². The van der Waals surface area contributed by atoms with Gasteiger partial charge in [0.2, 0.25) is 17.3 Å². The van der Waals surface area contributed by atoms with Crippen molar-refractivity contribution < 1.29 is 22.7 Å². The number of fused-ring (bicyclic) bond motifs is 1. The maximum absolute atomic E-state index is 13.3. The van der Waals surface area contributed by atoms with Gasteiger partial charge < -0.3 is 15.0 Å². The Morgan fingerprint density at radius 1 is 1.20 bits per heavy atom. The van der Waals surface area contributed by atoms with Gasteiger partial charge in [0.05, 0.1) is 6.54 Å². The van der Waals surface area contributed by atoms with Gasteiger partial charge in [-0.1, -0.05) is 50.3 Å². The zero-order valence-corrected chi connectivity index (χ0v) is 21.1. The molecule has 2 atom stereocenters. The Labute approximate surface area is 209 Å². The minimum Gasteiger partial charge on any atom is -0.472 e. The van der Waals surface area contributed by atoms with Crippen LogP contribution in [0.4, 0.5) is 5.13 Å². The molecule has 11 heteroatoms. The predicted molar refractivity (Wildman–Crippen MR) is 132 cm³/mol. The third-order valence-electron chi connectivity index (χ3n) is 7.15. The number of nitrogens with one attached hydrogen (secondary N) is 1. The molecular formula is C24H30N4O5S2. The SMILES string of the molecule is O=C(Nc1nccs1)[C@H](CC1CCCCC1)N1CCN(S(=O)(=O)C2Cc3ccccc3O2)CC1=O. The van der Waals surface area contributed by atoms with Crippen LogP contribution in [0.15, 0.2) is 35.8 Å². The number of anilines is 1. The minimum atomic E-state index is -3.85. The normalized spacial score (nSPS) is 22.5. The first-order valence-corrected chi connectivity index (χ1v) is 14.5. The Hall–Kier alpha value is -2.50. The van der Waals surface area contributed by atoms with E-state index in [0.717, 1.165) is 31.2 Å². The van der Waals surface area contributed by atoms with Crippen LogP contribution in [0.25, 0.3) is 0 Å². The molecule has 1 aliphatic carbocycles. The van der Waals surface area contributed by atoms with Gasteiger partial charge in [0, 0.05) is 31.1 Å². The molecule has 3 heterocycles. The Bertz CT molecular complexity index is 1140. The van der Waals surface area contributed by atoms with Gasteiger partial charge in [-0.25, -0.2) is 13.4 Å². The molecular weight excluding hydrogens is 488 g/mol. The van der Waals surface area contributed by atoms with Crippen LogP contribution in [-0.2, 0) is 26.0 Å². The minimum absolute atomic E-state index is 0.135. The largest absolute Gasteiger partial charge is 0.472 e. The fourth-order valence-corrected chi connectivity index (χ4v) is 7.39. The van der Waals surface area contributed by atoms with Gasteiger partial charge in [0.15, 0.2) is 5.13 Å². The van der Waals surface area contributed by atoms with Crippen molar-refractivity contribution in [1.29, 1.82) is 0 Å². The number of piperazine rings is 1. The highest BCUT2D eigenvalue weighted by molar-refractivity contribution is 7.89. The van der Waals surface area contributed by atoms with E-state index in [-0.39, 0.29) is 37.9 Å². The van der Waals surface area contributed by atoms with Crippen molar-refractivity contribution in [2.24, 2.45) is 5.92 Å². The molecule has 0 radical (unpaired) electrons. The Morgan fingerprint density at radius 3 is 2.71 bits per heavy atom. The highest BCUT2D eigenvalue weighted by Gasteiger charge is 2.43. The van der Waals surface area contributed by atoms with Crippen LogP contribution in [0.5, 0.6) is 5.75 Å². The number of rotatable bonds is 7. The van der Waals surface area contributed by atoms with E-state index in [9.17, 15) is 18.0 Å². The Morgan fingerprint density at radius 2 is 2.00 bits per heavy atom. The molecule has 2 aliphatic heterocycles. The molecule has 1 N–H and O–H groups in total. The lowest BCUT2D eigenvalue weighted by Crippen LogP contribution is -2.59. The number of nitrogens with zero attached hydrogens (tertiary/aromatic N) is 3. The third-order valence-corrected chi connectivity index (χ3v) is 9.80. The van der Waals surface area contributed by atoms with Crippen LogP contribution in [0.2, 0.25) is 0 Å². The topological polar surface area (TPSA) is 109 Å². The molecule has 0 spiro atoms. The summed E-state index contributed by atoms with van der Waals surface area (Å²) in [6.45, 7) is 0.0145.